The number of ether oxygens (including phenoxy) is 1. The Balaban J connectivity index is 1.31. The first-order valence-corrected chi connectivity index (χ1v) is 12.1. The minimum absolute atomic E-state index is 0.0672. The highest BCUT2D eigenvalue weighted by Crippen LogP contribution is 2.28. The molecule has 0 saturated heterocycles. The third-order valence-electron chi connectivity index (χ3n) is 6.21. The van der Waals surface area contributed by atoms with Crippen LogP contribution in [0.1, 0.15) is 41.8 Å². The minimum Gasteiger partial charge on any atom is -0.492 e. The van der Waals surface area contributed by atoms with E-state index in [9.17, 15) is 10.1 Å². The van der Waals surface area contributed by atoms with Crippen LogP contribution in [0.2, 0.25) is 0 Å². The van der Waals surface area contributed by atoms with Crippen LogP contribution in [0.5, 0.6) is 5.75 Å². The fraction of sp³-hybridized carbons (Fsp3) is 0.226. The molecule has 0 saturated carbocycles. The predicted octanol–water partition coefficient (Wildman–Crippen LogP) is 6.46. The normalized spacial score (nSPS) is 11.2. The number of nitriles is 1. The fourth-order valence-corrected chi connectivity index (χ4v) is 4.32. The van der Waals surface area contributed by atoms with E-state index in [1.54, 1.807) is 30.3 Å². The molecule has 0 aliphatic heterocycles. The predicted molar refractivity (Wildman–Crippen MR) is 143 cm³/mol. The molecule has 0 spiro atoms. The molecule has 0 aromatic heterocycles. The maximum absolute atomic E-state index is 11.1. The van der Waals surface area contributed by atoms with Crippen molar-refractivity contribution in [2.45, 2.75) is 32.2 Å². The van der Waals surface area contributed by atoms with E-state index in [2.05, 4.69) is 67.7 Å². The molecule has 4 aromatic rings. The van der Waals surface area contributed by atoms with Crippen molar-refractivity contribution in [2.75, 3.05) is 13.2 Å². The Labute approximate surface area is 212 Å². The summed E-state index contributed by atoms with van der Waals surface area (Å²) in [6.45, 7) is 5.68. The first-order valence-electron chi connectivity index (χ1n) is 12.1. The average Bonchev–Trinajstić information content (AvgIpc) is 2.88. The van der Waals surface area contributed by atoms with Crippen LogP contribution in [-0.2, 0) is 6.42 Å². The molecule has 36 heavy (non-hydrogen) atoms. The summed E-state index contributed by atoms with van der Waals surface area (Å²) in [6.07, 6.45) is 1.71. The van der Waals surface area contributed by atoms with E-state index in [-0.39, 0.29) is 11.1 Å². The Morgan fingerprint density at radius 3 is 2.39 bits per heavy atom. The van der Waals surface area contributed by atoms with Gasteiger partial charge in [-0.25, -0.2) is 4.79 Å². The number of nitrogens with zero attached hydrogens (tertiary/aromatic N) is 1. The van der Waals surface area contributed by atoms with Crippen molar-refractivity contribution in [3.8, 4) is 22.9 Å². The Morgan fingerprint density at radius 1 is 0.944 bits per heavy atom. The number of carboxylic acid groups (broad SMARTS) is 1. The molecule has 2 N–H and O–H groups in total. The number of fused-ring (bicyclic) bond motifs is 1. The Kier molecular flexibility index (Phi) is 7.68. The van der Waals surface area contributed by atoms with Gasteiger partial charge in [-0.1, -0.05) is 60.7 Å². The van der Waals surface area contributed by atoms with Crippen LogP contribution in [0.25, 0.3) is 21.9 Å². The van der Waals surface area contributed by atoms with Gasteiger partial charge in [0.25, 0.3) is 0 Å². The molecule has 0 amide bonds. The lowest BCUT2D eigenvalue weighted by atomic mass is 9.93. The first-order chi connectivity index (χ1) is 17.3. The summed E-state index contributed by atoms with van der Waals surface area (Å²) in [5, 5.41) is 24.7. The molecular formula is C31H30N2O3. The SMILES string of the molecule is CC(C)(Cc1ccc2ccccc2c1)NCCCOc1cc(-c2ccc(C(=O)O)cc2)ccc1C#N. The number of benzene rings is 4. The molecule has 5 nitrogen and oxygen atoms in total. The minimum atomic E-state index is -0.959. The largest absolute Gasteiger partial charge is 0.492 e. The number of hydrogen-bond donors (Lipinski definition) is 2. The molecule has 0 heterocycles. The van der Waals surface area contributed by atoms with Crippen molar-refractivity contribution in [1.29, 1.82) is 5.26 Å². The van der Waals surface area contributed by atoms with Gasteiger partial charge >= 0.3 is 5.97 Å². The highest BCUT2D eigenvalue weighted by atomic mass is 16.5. The second-order valence-corrected chi connectivity index (χ2v) is 9.58. The maximum atomic E-state index is 11.1. The van der Waals surface area contributed by atoms with Gasteiger partial charge in [0.2, 0.25) is 0 Å². The average molecular weight is 479 g/mol. The maximum Gasteiger partial charge on any atom is 0.335 e. The highest BCUT2D eigenvalue weighted by molar-refractivity contribution is 5.88. The van der Waals surface area contributed by atoms with E-state index in [0.717, 1.165) is 30.5 Å². The number of aromatic carboxylic acids is 1. The van der Waals surface area contributed by atoms with E-state index in [0.29, 0.717) is 17.9 Å². The lowest BCUT2D eigenvalue weighted by Crippen LogP contribution is -2.42. The van der Waals surface area contributed by atoms with Crippen molar-refractivity contribution < 1.29 is 14.6 Å². The van der Waals surface area contributed by atoms with Crippen molar-refractivity contribution in [1.82, 2.24) is 5.32 Å². The van der Waals surface area contributed by atoms with Crippen LogP contribution in [0.4, 0.5) is 0 Å². The molecule has 4 aromatic carbocycles. The zero-order chi connectivity index (χ0) is 25.5. The third-order valence-corrected chi connectivity index (χ3v) is 6.21. The molecular weight excluding hydrogens is 448 g/mol. The van der Waals surface area contributed by atoms with Crippen molar-refractivity contribution >= 4 is 16.7 Å². The Bertz CT molecular complexity index is 1400. The van der Waals surface area contributed by atoms with Gasteiger partial charge in [0.05, 0.1) is 17.7 Å². The van der Waals surface area contributed by atoms with Gasteiger partial charge in [-0.15, -0.1) is 0 Å². The monoisotopic (exact) mass is 478 g/mol. The molecule has 0 aliphatic carbocycles. The van der Waals surface area contributed by atoms with Crippen LogP contribution in [-0.4, -0.2) is 29.8 Å². The summed E-state index contributed by atoms with van der Waals surface area (Å²) in [5.41, 5.74) is 3.68. The summed E-state index contributed by atoms with van der Waals surface area (Å²) in [6, 6.07) is 29.3. The van der Waals surface area contributed by atoms with Gasteiger partial charge in [-0.3, -0.25) is 0 Å². The third kappa shape index (κ3) is 6.29. The van der Waals surface area contributed by atoms with Crippen molar-refractivity contribution in [3.63, 3.8) is 0 Å². The van der Waals surface area contributed by atoms with Gasteiger partial charge in [0, 0.05) is 5.54 Å². The first kappa shape index (κ1) is 25.0. The fourth-order valence-electron chi connectivity index (χ4n) is 4.32. The van der Waals surface area contributed by atoms with E-state index < -0.39 is 5.97 Å². The van der Waals surface area contributed by atoms with Crippen molar-refractivity contribution in [2.24, 2.45) is 0 Å². The number of hydrogen-bond acceptors (Lipinski definition) is 4. The summed E-state index contributed by atoms with van der Waals surface area (Å²) < 4.78 is 5.98. The molecule has 0 fully saturated rings. The zero-order valence-electron chi connectivity index (χ0n) is 20.6. The molecule has 182 valence electrons. The van der Waals surface area contributed by atoms with Crippen LogP contribution in [0, 0.1) is 11.3 Å². The van der Waals surface area contributed by atoms with Crippen LogP contribution >= 0.6 is 0 Å². The summed E-state index contributed by atoms with van der Waals surface area (Å²) >= 11 is 0. The molecule has 0 unspecified atom stereocenters. The Morgan fingerprint density at radius 2 is 1.67 bits per heavy atom. The number of rotatable bonds is 10. The summed E-state index contributed by atoms with van der Waals surface area (Å²) in [7, 11) is 0. The van der Waals surface area contributed by atoms with E-state index in [1.807, 2.05) is 12.1 Å². The molecule has 5 heteroatoms. The lowest BCUT2D eigenvalue weighted by molar-refractivity contribution is 0.0697. The molecule has 0 aliphatic rings. The summed E-state index contributed by atoms with van der Waals surface area (Å²) in [5.74, 6) is -0.424. The number of carbonyl (C=O) groups is 1. The molecule has 0 radical (unpaired) electrons. The molecule has 0 atom stereocenters. The quantitative estimate of drug-likeness (QED) is 0.256. The van der Waals surface area contributed by atoms with Crippen LogP contribution < -0.4 is 10.1 Å². The van der Waals surface area contributed by atoms with Crippen LogP contribution in [0.15, 0.2) is 84.9 Å². The van der Waals surface area contributed by atoms with Gasteiger partial charge < -0.3 is 15.2 Å². The van der Waals surface area contributed by atoms with Crippen LogP contribution in [0.3, 0.4) is 0 Å². The van der Waals surface area contributed by atoms with E-state index in [1.165, 1.54) is 16.3 Å². The van der Waals surface area contributed by atoms with Gasteiger partial charge in [0.1, 0.15) is 11.8 Å². The summed E-state index contributed by atoms with van der Waals surface area (Å²) in [4.78, 5) is 11.1. The van der Waals surface area contributed by atoms with E-state index in [4.69, 9.17) is 9.84 Å². The topological polar surface area (TPSA) is 82.3 Å². The zero-order valence-corrected chi connectivity index (χ0v) is 20.6. The second kappa shape index (κ2) is 11.1. The van der Waals surface area contributed by atoms with Gasteiger partial charge in [-0.2, -0.15) is 5.26 Å². The van der Waals surface area contributed by atoms with Gasteiger partial charge in [0.15, 0.2) is 0 Å². The standard InChI is InChI=1S/C31H30N2O3/c1-31(2,20-22-8-9-23-6-3-4-7-26(23)18-22)33-16-5-17-36-29-19-27(14-15-28(29)21-32)24-10-12-25(13-11-24)30(34)35/h3-4,6-15,18-19,33H,5,16-17,20H2,1-2H3,(H,34,35). The van der Waals surface area contributed by atoms with Crippen molar-refractivity contribution in [3.05, 3.63) is 102 Å². The second-order valence-electron chi connectivity index (χ2n) is 9.58. The highest BCUT2D eigenvalue weighted by Gasteiger charge is 2.17. The molecule has 4 rings (SSSR count). The Hall–Kier alpha value is -4.14. The van der Waals surface area contributed by atoms with Gasteiger partial charge in [-0.05, 0) is 85.0 Å². The lowest BCUT2D eigenvalue weighted by Gasteiger charge is -2.27. The molecule has 0 bridgehead atoms. The number of nitrogens with one attached hydrogen (secondary N) is 1. The smallest absolute Gasteiger partial charge is 0.335 e. The number of carboxylic acids is 1. The van der Waals surface area contributed by atoms with E-state index >= 15 is 0 Å².